The Morgan fingerprint density at radius 3 is 2.55 bits per heavy atom. The number of rotatable bonds is 12. The summed E-state index contributed by atoms with van der Waals surface area (Å²) in [4.78, 5) is 13.3. The van der Waals surface area contributed by atoms with Gasteiger partial charge < -0.3 is 30.4 Å². The number of pyridine rings is 1. The minimum absolute atomic E-state index is 0.0942. The summed E-state index contributed by atoms with van der Waals surface area (Å²) in [7, 11) is 0. The van der Waals surface area contributed by atoms with Crippen LogP contribution < -0.4 is 20.1 Å². The monoisotopic (exact) mass is 647 g/mol. The van der Waals surface area contributed by atoms with E-state index in [1.54, 1.807) is 6.08 Å². The number of anilines is 2. The van der Waals surface area contributed by atoms with E-state index in [0.717, 1.165) is 65.9 Å². The van der Waals surface area contributed by atoms with Crippen LogP contribution in [-0.2, 0) is 15.7 Å². The number of hydrogen-bond donors (Lipinski definition) is 3. The molecule has 0 radical (unpaired) electrons. The molecule has 3 N–H and O–H groups in total. The van der Waals surface area contributed by atoms with Gasteiger partial charge in [0.15, 0.2) is 12.3 Å². The topological polar surface area (TPSA) is 107 Å². The number of unbranched alkanes of at least 4 members (excludes halogenated alkanes) is 1. The van der Waals surface area contributed by atoms with Crippen molar-refractivity contribution in [1.82, 2.24) is 0 Å². The summed E-state index contributed by atoms with van der Waals surface area (Å²) in [6.07, 6.45) is -1.41. The SMILES string of the molecule is CCCCOCCOc1ccc(-c2ccc3c(c2)C=C(C(=O)Nc2ccc(C(O)c4cccc[n+]4[O-])c(C(F)(F)F)c2)CCN3)cc1. The molecule has 1 aromatic heterocycles. The first-order chi connectivity index (χ1) is 22.6. The first-order valence-corrected chi connectivity index (χ1v) is 15.4. The first kappa shape index (κ1) is 33.5. The normalized spacial score (nSPS) is 13.5. The van der Waals surface area contributed by atoms with E-state index in [1.165, 1.54) is 24.3 Å². The fraction of sp³-hybridized carbons (Fsp3) is 0.278. The molecule has 1 amide bonds. The summed E-state index contributed by atoms with van der Waals surface area (Å²) in [5.74, 6) is 0.181. The number of carbonyl (C=O) groups excluding carboxylic acids is 1. The minimum atomic E-state index is -4.85. The number of nitrogens with one attached hydrogen (secondary N) is 2. The van der Waals surface area contributed by atoms with E-state index in [0.29, 0.717) is 36.5 Å². The Hall–Kier alpha value is -4.87. The van der Waals surface area contributed by atoms with Crippen LogP contribution >= 0.6 is 0 Å². The van der Waals surface area contributed by atoms with Gasteiger partial charge in [-0.3, -0.25) is 4.79 Å². The lowest BCUT2D eigenvalue weighted by atomic mass is 9.98. The van der Waals surface area contributed by atoms with Crippen molar-refractivity contribution in [2.24, 2.45) is 0 Å². The molecule has 5 rings (SSSR count). The van der Waals surface area contributed by atoms with E-state index in [9.17, 15) is 28.3 Å². The van der Waals surface area contributed by atoms with Crippen LogP contribution in [0.5, 0.6) is 5.75 Å². The highest BCUT2D eigenvalue weighted by atomic mass is 19.4. The highest BCUT2D eigenvalue weighted by Gasteiger charge is 2.37. The zero-order chi connectivity index (χ0) is 33.4. The Bertz CT molecular complexity index is 1720. The number of benzene rings is 3. The molecule has 246 valence electrons. The van der Waals surface area contributed by atoms with Crippen LogP contribution in [0.2, 0.25) is 0 Å². The highest BCUT2D eigenvalue weighted by molar-refractivity contribution is 6.07. The second-order valence-corrected chi connectivity index (χ2v) is 11.1. The number of halogens is 3. The van der Waals surface area contributed by atoms with Crippen molar-refractivity contribution in [3.05, 3.63) is 118 Å². The molecule has 4 aromatic rings. The Morgan fingerprint density at radius 2 is 1.81 bits per heavy atom. The zero-order valence-corrected chi connectivity index (χ0v) is 25.8. The maximum Gasteiger partial charge on any atom is 0.416 e. The van der Waals surface area contributed by atoms with E-state index < -0.39 is 29.3 Å². The fourth-order valence-corrected chi connectivity index (χ4v) is 5.25. The molecule has 1 atom stereocenters. The van der Waals surface area contributed by atoms with Crippen molar-refractivity contribution >= 4 is 23.4 Å². The van der Waals surface area contributed by atoms with Gasteiger partial charge in [-0.05, 0) is 78.1 Å². The average molecular weight is 648 g/mol. The van der Waals surface area contributed by atoms with Crippen LogP contribution in [0, 0.1) is 5.21 Å². The van der Waals surface area contributed by atoms with Crippen LogP contribution in [0.3, 0.4) is 0 Å². The molecule has 3 aromatic carbocycles. The van der Waals surface area contributed by atoms with Gasteiger partial charge in [0.1, 0.15) is 12.4 Å². The van der Waals surface area contributed by atoms with E-state index in [2.05, 4.69) is 17.6 Å². The molecule has 0 spiro atoms. The number of alkyl halides is 3. The lowest BCUT2D eigenvalue weighted by molar-refractivity contribution is -0.617. The summed E-state index contributed by atoms with van der Waals surface area (Å²) in [6, 6.07) is 20.7. The number of fused-ring (bicyclic) bond motifs is 1. The Morgan fingerprint density at radius 1 is 1.02 bits per heavy atom. The maximum absolute atomic E-state index is 14.1. The second kappa shape index (κ2) is 15.1. The number of nitrogens with zero attached hydrogens (tertiary/aromatic N) is 1. The van der Waals surface area contributed by atoms with Crippen molar-refractivity contribution in [3.8, 4) is 16.9 Å². The Balaban J connectivity index is 1.31. The number of hydrogen-bond acceptors (Lipinski definition) is 6. The third-order valence-electron chi connectivity index (χ3n) is 7.75. The van der Waals surface area contributed by atoms with Crippen molar-refractivity contribution in [1.29, 1.82) is 0 Å². The van der Waals surface area contributed by atoms with Crippen LogP contribution in [0.15, 0.2) is 90.6 Å². The van der Waals surface area contributed by atoms with Gasteiger partial charge in [0.25, 0.3) is 5.91 Å². The molecular weight excluding hydrogens is 611 g/mol. The summed E-state index contributed by atoms with van der Waals surface area (Å²) >= 11 is 0. The summed E-state index contributed by atoms with van der Waals surface area (Å²) in [6.45, 7) is 4.27. The highest BCUT2D eigenvalue weighted by Crippen LogP contribution is 2.38. The van der Waals surface area contributed by atoms with Gasteiger partial charge >= 0.3 is 6.18 Å². The molecule has 1 unspecified atom stereocenters. The van der Waals surface area contributed by atoms with E-state index in [4.69, 9.17) is 9.47 Å². The quantitative estimate of drug-likeness (QED) is 0.0859. The molecule has 8 nitrogen and oxygen atoms in total. The Kier molecular flexibility index (Phi) is 10.8. The molecule has 11 heteroatoms. The van der Waals surface area contributed by atoms with Crippen molar-refractivity contribution < 1.29 is 37.3 Å². The van der Waals surface area contributed by atoms with Gasteiger partial charge in [-0.2, -0.15) is 17.9 Å². The van der Waals surface area contributed by atoms with Gasteiger partial charge in [0.2, 0.25) is 5.69 Å². The standard InChI is InChI=1S/C36H36F3N3O5/c1-2-3-18-46-19-20-47-29-11-7-24(8-12-29)25-9-14-32-27(21-25)22-26(15-16-40-32)35(44)41-28-10-13-30(31(23-28)36(37,38)39)34(43)33-6-4-5-17-42(33)45/h4-14,17,21-23,34,40,43H,2-3,15-16,18-20H2,1H3,(H,41,44). The molecule has 0 fully saturated rings. The van der Waals surface area contributed by atoms with E-state index in [1.807, 2.05) is 42.5 Å². The van der Waals surface area contributed by atoms with Crippen molar-refractivity contribution in [2.45, 2.75) is 38.5 Å². The average Bonchev–Trinajstić information content (AvgIpc) is 3.28. The zero-order valence-electron chi connectivity index (χ0n) is 25.8. The summed E-state index contributed by atoms with van der Waals surface area (Å²) in [5.41, 5.74) is 1.83. The number of ether oxygens (including phenoxy) is 2. The largest absolute Gasteiger partial charge is 0.618 e. The Labute approximate surface area is 271 Å². The van der Waals surface area contributed by atoms with Crippen LogP contribution in [0.1, 0.15) is 54.7 Å². The molecule has 47 heavy (non-hydrogen) atoms. The van der Waals surface area contributed by atoms with Gasteiger partial charge in [0.05, 0.1) is 12.2 Å². The van der Waals surface area contributed by atoms with Gasteiger partial charge in [-0.15, -0.1) is 0 Å². The molecule has 0 saturated heterocycles. The number of amides is 1. The molecule has 0 aliphatic carbocycles. The third-order valence-corrected chi connectivity index (χ3v) is 7.75. The summed E-state index contributed by atoms with van der Waals surface area (Å²) in [5, 5.41) is 28.6. The number of aliphatic hydroxyl groups excluding tert-OH is 1. The van der Waals surface area contributed by atoms with Gasteiger partial charge in [-0.25, -0.2) is 0 Å². The number of aliphatic hydroxyl groups is 1. The molecule has 0 saturated carbocycles. The molecular formula is C36H36F3N3O5. The molecule has 2 heterocycles. The van der Waals surface area contributed by atoms with Crippen LogP contribution in [-0.4, -0.2) is 37.4 Å². The summed E-state index contributed by atoms with van der Waals surface area (Å²) < 4.78 is 53.9. The van der Waals surface area contributed by atoms with Crippen LogP contribution in [0.25, 0.3) is 17.2 Å². The maximum atomic E-state index is 14.1. The lowest BCUT2D eigenvalue weighted by Gasteiger charge is -2.18. The first-order valence-electron chi connectivity index (χ1n) is 15.4. The van der Waals surface area contributed by atoms with E-state index >= 15 is 0 Å². The second-order valence-electron chi connectivity index (χ2n) is 11.1. The van der Waals surface area contributed by atoms with Gasteiger partial charge in [0, 0.05) is 47.8 Å². The molecule has 0 bridgehead atoms. The lowest BCUT2D eigenvalue weighted by Crippen LogP contribution is -2.33. The number of aromatic nitrogens is 1. The third kappa shape index (κ3) is 8.49. The van der Waals surface area contributed by atoms with Crippen molar-refractivity contribution in [3.63, 3.8) is 0 Å². The fourth-order valence-electron chi connectivity index (χ4n) is 5.25. The van der Waals surface area contributed by atoms with Gasteiger partial charge in [-0.1, -0.05) is 37.6 Å². The van der Waals surface area contributed by atoms with Crippen molar-refractivity contribution in [2.75, 3.05) is 37.0 Å². The predicted octanol–water partition coefficient (Wildman–Crippen LogP) is 7.12. The predicted molar refractivity (Wildman–Crippen MR) is 174 cm³/mol. The van der Waals surface area contributed by atoms with Crippen LogP contribution in [0.4, 0.5) is 24.5 Å². The number of carbonyl (C=O) groups is 1. The van der Waals surface area contributed by atoms with E-state index in [-0.39, 0.29) is 11.4 Å². The molecule has 1 aliphatic heterocycles. The smallest absolute Gasteiger partial charge is 0.416 e. The minimum Gasteiger partial charge on any atom is -0.618 e. The molecule has 1 aliphatic rings.